The Morgan fingerprint density at radius 1 is 1.28 bits per heavy atom. The summed E-state index contributed by atoms with van der Waals surface area (Å²) in [5.41, 5.74) is -0.662. The van der Waals surface area contributed by atoms with Gasteiger partial charge in [0.1, 0.15) is 6.02 Å². The molecule has 0 aliphatic carbocycles. The first kappa shape index (κ1) is 14.8. The lowest BCUT2D eigenvalue weighted by Gasteiger charge is -2.29. The Morgan fingerprint density at radius 2 is 2.00 bits per heavy atom. The van der Waals surface area contributed by atoms with Gasteiger partial charge in [0.05, 0.1) is 1.37 Å². The SMILES string of the molecule is [2H]C(CC(=O)C(F)(F)c1ccc(Cl)cc1)c1ccc2c(c1)CN([C@@]1([2H])C(=O)N([2H])C(=O)C([2H])([2H])C1([2H])[2H])C2=O. The van der Waals surface area contributed by atoms with E-state index in [0.717, 1.165) is 18.2 Å². The van der Waals surface area contributed by atoms with Gasteiger partial charge in [-0.25, -0.2) is 0 Å². The molecule has 2 aliphatic heterocycles. The molecule has 3 amide bonds. The van der Waals surface area contributed by atoms with Crippen molar-refractivity contribution in [2.24, 2.45) is 0 Å². The normalized spacial score (nSPS) is 28.5. The Kier molecular flexibility index (Phi) is 3.91. The molecule has 4 rings (SSSR count). The zero-order valence-corrected chi connectivity index (χ0v) is 17.0. The van der Waals surface area contributed by atoms with E-state index in [9.17, 15) is 28.0 Å². The van der Waals surface area contributed by atoms with Gasteiger partial charge in [-0.2, -0.15) is 8.78 Å². The Bertz CT molecular complexity index is 1410. The van der Waals surface area contributed by atoms with Crippen molar-refractivity contribution in [2.75, 3.05) is 0 Å². The number of piperidine rings is 1. The highest BCUT2D eigenvalue weighted by Gasteiger charge is 2.41. The second-order valence-electron chi connectivity index (χ2n) is 7.04. The van der Waals surface area contributed by atoms with Crippen LogP contribution in [0.1, 0.15) is 54.4 Å². The third-order valence-corrected chi connectivity index (χ3v) is 5.23. The third-order valence-electron chi connectivity index (χ3n) is 4.98. The van der Waals surface area contributed by atoms with E-state index in [1.54, 1.807) is 0 Å². The van der Waals surface area contributed by atoms with Gasteiger partial charge in [-0.3, -0.25) is 24.5 Å². The molecule has 6 nitrogen and oxygen atoms in total. The number of benzene rings is 2. The maximum absolute atomic E-state index is 14.7. The number of aryl methyl sites for hydroxylation is 1. The molecule has 1 saturated heterocycles. The fraction of sp³-hybridized carbons (Fsp3) is 0.304. The molecule has 0 bridgehead atoms. The Labute approximate surface area is 197 Å². The first-order valence-corrected chi connectivity index (χ1v) is 9.69. The summed E-state index contributed by atoms with van der Waals surface area (Å²) in [4.78, 5) is 50.7. The van der Waals surface area contributed by atoms with Crippen molar-refractivity contribution >= 4 is 35.1 Å². The van der Waals surface area contributed by atoms with E-state index in [4.69, 9.17) is 21.2 Å². The summed E-state index contributed by atoms with van der Waals surface area (Å²) >= 11 is 5.70. The molecule has 2 aromatic carbocycles. The van der Waals surface area contributed by atoms with Gasteiger partial charge in [-0.05, 0) is 42.1 Å². The van der Waals surface area contributed by atoms with Crippen LogP contribution in [0.2, 0.25) is 6.43 Å². The van der Waals surface area contributed by atoms with Crippen LogP contribution in [-0.2, 0) is 33.2 Å². The minimum absolute atomic E-state index is 0.0355. The van der Waals surface area contributed by atoms with Crippen LogP contribution in [0.15, 0.2) is 42.5 Å². The van der Waals surface area contributed by atoms with Crippen LogP contribution >= 0.6 is 11.6 Å². The van der Waals surface area contributed by atoms with Crippen LogP contribution in [-0.4, -0.2) is 34.4 Å². The largest absolute Gasteiger partial charge is 0.330 e. The van der Waals surface area contributed by atoms with Gasteiger partial charge in [-0.15, -0.1) is 0 Å². The average molecular weight is 468 g/mol. The highest BCUT2D eigenvalue weighted by molar-refractivity contribution is 6.30. The highest BCUT2D eigenvalue weighted by Crippen LogP contribution is 2.32. The van der Waals surface area contributed by atoms with Gasteiger partial charge in [0.25, 0.3) is 5.91 Å². The molecule has 0 saturated carbocycles. The number of hydrogen-bond donors (Lipinski definition) is 1. The number of ketones is 1. The number of Topliss-reactive ketones (excluding diaryl/α,β-unsaturated/α-hetero) is 1. The molecular formula is C23H19ClF2N2O4. The molecule has 2 heterocycles. The maximum atomic E-state index is 14.7. The van der Waals surface area contributed by atoms with E-state index < -0.39 is 78.4 Å². The minimum atomic E-state index is -3.91. The van der Waals surface area contributed by atoms with E-state index in [1.165, 1.54) is 24.3 Å². The number of carbonyl (C=O) groups excluding carboxylic acids is 4. The van der Waals surface area contributed by atoms with Crippen molar-refractivity contribution in [3.8, 4) is 0 Å². The summed E-state index contributed by atoms with van der Waals surface area (Å²) < 4.78 is 85.7. The van der Waals surface area contributed by atoms with Crippen LogP contribution in [0.4, 0.5) is 8.78 Å². The summed E-state index contributed by atoms with van der Waals surface area (Å²) in [6.45, 7) is -0.642. The molecule has 0 spiro atoms. The molecule has 1 N–H and O–H groups in total. The van der Waals surface area contributed by atoms with E-state index in [1.807, 2.05) is 0 Å². The number of nitrogens with one attached hydrogen (secondary N) is 1. The number of fused-ring (bicyclic) bond motifs is 1. The van der Waals surface area contributed by atoms with Crippen LogP contribution in [0, 0.1) is 0 Å². The van der Waals surface area contributed by atoms with Crippen molar-refractivity contribution in [3.05, 3.63) is 69.7 Å². The van der Waals surface area contributed by atoms with Crippen molar-refractivity contribution in [1.82, 2.24) is 10.2 Å². The Morgan fingerprint density at radius 3 is 2.72 bits per heavy atom. The first-order valence-electron chi connectivity index (χ1n) is 12.8. The van der Waals surface area contributed by atoms with E-state index in [2.05, 4.69) is 0 Å². The van der Waals surface area contributed by atoms with Crippen molar-refractivity contribution < 1.29 is 37.6 Å². The average Bonchev–Trinajstić information content (AvgIpc) is 3.22. The molecule has 2 atom stereocenters. The third kappa shape index (κ3) is 4.14. The van der Waals surface area contributed by atoms with E-state index >= 15 is 0 Å². The number of imide groups is 1. The van der Waals surface area contributed by atoms with E-state index in [-0.39, 0.29) is 21.7 Å². The Hall–Kier alpha value is -3.13. The summed E-state index contributed by atoms with van der Waals surface area (Å²) in [7, 11) is 0. The summed E-state index contributed by atoms with van der Waals surface area (Å²) in [6.07, 6.45) is -9.49. The molecular weight excluding hydrogens is 442 g/mol. The fourth-order valence-corrected chi connectivity index (χ4v) is 3.46. The lowest BCUT2D eigenvalue weighted by molar-refractivity contribution is -0.144. The monoisotopic (exact) mass is 467 g/mol. The van der Waals surface area contributed by atoms with Crippen molar-refractivity contribution in [3.63, 3.8) is 0 Å². The topological polar surface area (TPSA) is 83.6 Å². The van der Waals surface area contributed by atoms with E-state index in [0.29, 0.717) is 4.90 Å². The van der Waals surface area contributed by atoms with Crippen LogP contribution in [0.25, 0.3) is 0 Å². The van der Waals surface area contributed by atoms with Gasteiger partial charge in [0.2, 0.25) is 17.6 Å². The van der Waals surface area contributed by atoms with Crippen LogP contribution in [0.3, 0.4) is 0 Å². The van der Waals surface area contributed by atoms with Crippen molar-refractivity contribution in [2.45, 2.75) is 44.0 Å². The highest BCUT2D eigenvalue weighted by atomic mass is 35.5. The number of rotatable bonds is 6. The number of alkyl halides is 2. The smallest absolute Gasteiger partial charge is 0.322 e. The van der Waals surface area contributed by atoms with Gasteiger partial charge >= 0.3 is 5.92 Å². The molecule has 32 heavy (non-hydrogen) atoms. The standard InChI is InChI=1S/C23H19ClF2N2O4/c24-16-5-3-15(4-6-16)23(25,26)19(29)9-2-13-1-7-17-14(11-13)12-28(22(17)32)18-8-10-20(30)27-21(18)31/h1,3-7,11,18H,2,8-10,12H2,(H,27,30,31)/t18-/m1/s1/i2D,8D2,10D2,18D/hD/t2?,18-. The lowest BCUT2D eigenvalue weighted by Crippen LogP contribution is -2.52. The quantitative estimate of drug-likeness (QED) is 0.660. The number of nitrogens with zero attached hydrogens (tertiary/aromatic N) is 1. The molecule has 166 valence electrons. The van der Waals surface area contributed by atoms with Crippen LogP contribution < -0.4 is 5.31 Å². The predicted molar refractivity (Wildman–Crippen MR) is 111 cm³/mol. The van der Waals surface area contributed by atoms with Crippen molar-refractivity contribution in [1.29, 1.82) is 0 Å². The van der Waals surface area contributed by atoms with Gasteiger partial charge in [0, 0.05) is 42.3 Å². The molecule has 0 radical (unpaired) electrons. The van der Waals surface area contributed by atoms with Gasteiger partial charge in [-0.1, -0.05) is 35.9 Å². The number of amides is 3. The summed E-state index contributed by atoms with van der Waals surface area (Å²) in [6, 6.07) is 4.59. The fourth-order valence-electron chi connectivity index (χ4n) is 3.33. The second kappa shape index (κ2) is 8.43. The maximum Gasteiger partial charge on any atom is 0.330 e. The lowest BCUT2D eigenvalue weighted by atomic mass is 9.97. The molecule has 1 unspecified atom stereocenters. The van der Waals surface area contributed by atoms with Crippen LogP contribution in [0.5, 0.6) is 0 Å². The first-order chi connectivity index (χ1) is 17.9. The Balaban J connectivity index is 1.60. The predicted octanol–water partition coefficient (Wildman–Crippen LogP) is 3.39. The molecule has 2 aromatic rings. The minimum Gasteiger partial charge on any atom is -0.322 e. The number of hydrogen-bond acceptors (Lipinski definition) is 4. The number of carbonyl (C=O) groups is 4. The number of halogens is 3. The van der Waals surface area contributed by atoms with Gasteiger partial charge < -0.3 is 4.90 Å². The molecule has 9 heteroatoms. The van der Waals surface area contributed by atoms with Gasteiger partial charge in [0.15, 0.2) is 1.41 Å². The zero-order valence-electron chi connectivity index (χ0n) is 23.2. The molecule has 1 fully saturated rings. The summed E-state index contributed by atoms with van der Waals surface area (Å²) in [5, 5.41) is -0.291. The zero-order chi connectivity index (χ0) is 29.3. The molecule has 2 aliphatic rings. The second-order valence-corrected chi connectivity index (χ2v) is 7.48. The molecule has 0 aromatic heterocycles. The summed E-state index contributed by atoms with van der Waals surface area (Å²) in [5.74, 6) is -10.1.